The average Bonchev–Trinajstić information content (AvgIpc) is 2.73. The Kier molecular flexibility index (Phi) is 3.39. The Bertz CT molecular complexity index is 859. The lowest BCUT2D eigenvalue weighted by Crippen LogP contribution is -2.52. The molecule has 24 heavy (non-hydrogen) atoms. The van der Waals surface area contributed by atoms with E-state index in [1.54, 1.807) is 7.05 Å². The molecule has 1 unspecified atom stereocenters. The fraction of sp³-hybridized carbons (Fsp3) is 0.167. The molecule has 2 N–H and O–H groups in total. The van der Waals surface area contributed by atoms with Gasteiger partial charge in [0.15, 0.2) is 12.0 Å². The van der Waals surface area contributed by atoms with Crippen LogP contribution in [0, 0.1) is 0 Å². The number of hydrazone groups is 1. The number of fused-ring (bicyclic) bond motifs is 3. The van der Waals surface area contributed by atoms with E-state index in [-0.39, 0.29) is 12.5 Å². The van der Waals surface area contributed by atoms with Crippen molar-refractivity contribution < 1.29 is 4.79 Å². The molecule has 2 aliphatic rings. The molecule has 2 aliphatic heterocycles. The molecule has 1 atom stereocenters. The molecule has 1 amide bonds. The van der Waals surface area contributed by atoms with Gasteiger partial charge in [-0.25, -0.2) is 5.01 Å². The third-order valence-electron chi connectivity index (χ3n) is 4.21. The van der Waals surface area contributed by atoms with E-state index >= 15 is 0 Å². The maximum absolute atomic E-state index is 12.1. The third kappa shape index (κ3) is 2.28. The number of amides is 1. The van der Waals surface area contributed by atoms with Gasteiger partial charge >= 0.3 is 0 Å². The number of amidine groups is 1. The molecular weight excluding hydrogens is 302 g/mol. The minimum absolute atomic E-state index is 0.0797. The molecule has 120 valence electrons. The Morgan fingerprint density at radius 1 is 1.08 bits per heavy atom. The number of carbonyl (C=O) groups is 1. The van der Waals surface area contributed by atoms with Crippen molar-refractivity contribution in [3.8, 4) is 0 Å². The highest BCUT2D eigenvalue weighted by atomic mass is 16.2. The first kappa shape index (κ1) is 14.6. The first-order valence-corrected chi connectivity index (χ1v) is 7.76. The van der Waals surface area contributed by atoms with E-state index < -0.39 is 6.17 Å². The average molecular weight is 319 g/mol. The summed E-state index contributed by atoms with van der Waals surface area (Å²) in [4.78, 5) is 18.7. The topological polar surface area (TPSA) is 74.3 Å². The van der Waals surface area contributed by atoms with E-state index in [2.05, 4.69) is 5.10 Å². The van der Waals surface area contributed by atoms with E-state index in [9.17, 15) is 4.79 Å². The van der Waals surface area contributed by atoms with Gasteiger partial charge in [0.25, 0.3) is 5.91 Å². The lowest BCUT2D eigenvalue weighted by atomic mass is 10.0. The van der Waals surface area contributed by atoms with Crippen molar-refractivity contribution in [1.29, 1.82) is 0 Å². The number of hydrogen-bond donors (Lipinski definition) is 1. The number of anilines is 1. The van der Waals surface area contributed by atoms with E-state index in [4.69, 9.17) is 10.7 Å². The molecule has 0 saturated carbocycles. The number of rotatable bonds is 1. The molecule has 0 bridgehead atoms. The Labute approximate surface area is 139 Å². The summed E-state index contributed by atoms with van der Waals surface area (Å²) < 4.78 is 0. The highest BCUT2D eigenvalue weighted by Crippen LogP contribution is 2.29. The SMILES string of the molecule is CN1N=C2C(N)N=C(c3ccccc3)c3ccccc3N2CC1=O. The van der Waals surface area contributed by atoms with Crippen LogP contribution in [0.25, 0.3) is 0 Å². The molecule has 6 heteroatoms. The first-order chi connectivity index (χ1) is 11.6. The van der Waals surface area contributed by atoms with Gasteiger partial charge in [0.05, 0.1) is 11.4 Å². The van der Waals surface area contributed by atoms with Crippen LogP contribution in [0.3, 0.4) is 0 Å². The van der Waals surface area contributed by atoms with Crippen LogP contribution in [-0.4, -0.2) is 42.2 Å². The number of nitrogens with zero attached hydrogens (tertiary/aromatic N) is 4. The van der Waals surface area contributed by atoms with Crippen LogP contribution >= 0.6 is 0 Å². The van der Waals surface area contributed by atoms with Crippen molar-refractivity contribution >= 4 is 23.1 Å². The van der Waals surface area contributed by atoms with Gasteiger partial charge in [-0.3, -0.25) is 9.79 Å². The predicted octanol–water partition coefficient (Wildman–Crippen LogP) is 1.41. The van der Waals surface area contributed by atoms with Crippen molar-refractivity contribution in [2.45, 2.75) is 6.17 Å². The smallest absolute Gasteiger partial charge is 0.262 e. The second kappa shape index (κ2) is 5.58. The van der Waals surface area contributed by atoms with Gasteiger partial charge in [-0.15, -0.1) is 0 Å². The highest BCUT2D eigenvalue weighted by molar-refractivity contribution is 6.21. The summed E-state index contributed by atoms with van der Waals surface area (Å²) in [6, 6.07) is 17.8. The van der Waals surface area contributed by atoms with Crippen molar-refractivity contribution in [1.82, 2.24) is 5.01 Å². The molecular formula is C18H17N5O. The molecule has 2 heterocycles. The Balaban J connectivity index is 1.95. The zero-order valence-corrected chi connectivity index (χ0v) is 13.3. The second-order valence-corrected chi connectivity index (χ2v) is 5.77. The third-order valence-corrected chi connectivity index (χ3v) is 4.21. The predicted molar refractivity (Wildman–Crippen MR) is 94.0 cm³/mol. The minimum Gasteiger partial charge on any atom is -0.315 e. The summed E-state index contributed by atoms with van der Waals surface area (Å²) in [5.41, 5.74) is 9.95. The van der Waals surface area contributed by atoms with Crippen molar-refractivity contribution in [2.24, 2.45) is 15.8 Å². The maximum Gasteiger partial charge on any atom is 0.262 e. The lowest BCUT2D eigenvalue weighted by molar-refractivity contribution is -0.128. The zero-order valence-electron chi connectivity index (χ0n) is 13.3. The molecule has 0 fully saturated rings. The molecule has 0 radical (unpaired) electrons. The second-order valence-electron chi connectivity index (χ2n) is 5.77. The maximum atomic E-state index is 12.1. The number of benzene rings is 2. The van der Waals surface area contributed by atoms with Crippen LogP contribution < -0.4 is 10.6 Å². The van der Waals surface area contributed by atoms with Crippen LogP contribution in [0.2, 0.25) is 0 Å². The van der Waals surface area contributed by atoms with Crippen LogP contribution in [-0.2, 0) is 4.79 Å². The van der Waals surface area contributed by atoms with Gasteiger partial charge in [-0.1, -0.05) is 48.5 Å². The van der Waals surface area contributed by atoms with Gasteiger partial charge in [-0.05, 0) is 6.07 Å². The number of hydrogen-bond acceptors (Lipinski definition) is 5. The van der Waals surface area contributed by atoms with E-state index in [0.717, 1.165) is 22.5 Å². The first-order valence-electron chi connectivity index (χ1n) is 7.76. The summed E-state index contributed by atoms with van der Waals surface area (Å²) in [6.45, 7) is 0.206. The van der Waals surface area contributed by atoms with Gasteiger partial charge in [0, 0.05) is 18.2 Å². The van der Waals surface area contributed by atoms with Crippen LogP contribution in [0.4, 0.5) is 5.69 Å². The largest absolute Gasteiger partial charge is 0.315 e. The number of carbonyl (C=O) groups excluding carboxylic acids is 1. The zero-order chi connectivity index (χ0) is 16.7. The van der Waals surface area contributed by atoms with E-state index in [1.165, 1.54) is 5.01 Å². The molecule has 4 rings (SSSR count). The van der Waals surface area contributed by atoms with Gasteiger partial charge in [0.1, 0.15) is 6.54 Å². The summed E-state index contributed by atoms with van der Waals surface area (Å²) >= 11 is 0. The number of nitrogens with two attached hydrogens (primary N) is 1. The van der Waals surface area contributed by atoms with Crippen LogP contribution in [0.1, 0.15) is 11.1 Å². The fourth-order valence-electron chi connectivity index (χ4n) is 3.01. The number of para-hydroxylation sites is 1. The van der Waals surface area contributed by atoms with Crippen LogP contribution in [0.5, 0.6) is 0 Å². The molecule has 0 aliphatic carbocycles. The molecule has 2 aromatic rings. The molecule has 2 aromatic carbocycles. The van der Waals surface area contributed by atoms with Gasteiger partial charge in [0.2, 0.25) is 0 Å². The van der Waals surface area contributed by atoms with Crippen LogP contribution in [0.15, 0.2) is 64.7 Å². The Morgan fingerprint density at radius 2 is 1.79 bits per heavy atom. The van der Waals surface area contributed by atoms with E-state index in [0.29, 0.717) is 5.84 Å². The molecule has 0 saturated heterocycles. The number of aliphatic imine (C=N–C) groups is 1. The molecule has 6 nitrogen and oxygen atoms in total. The van der Waals surface area contributed by atoms with Gasteiger partial charge < -0.3 is 10.6 Å². The summed E-state index contributed by atoms with van der Waals surface area (Å²) in [5, 5.41) is 5.68. The monoisotopic (exact) mass is 319 g/mol. The Hall–Kier alpha value is -2.99. The normalized spacial score (nSPS) is 19.9. The van der Waals surface area contributed by atoms with Crippen molar-refractivity contribution in [3.63, 3.8) is 0 Å². The number of likely N-dealkylation sites (N-methyl/N-ethyl adjacent to an activating group) is 1. The van der Waals surface area contributed by atoms with Gasteiger partial charge in [-0.2, -0.15) is 5.10 Å². The summed E-state index contributed by atoms with van der Waals surface area (Å²) in [7, 11) is 1.64. The molecule has 0 aromatic heterocycles. The standard InChI is InChI=1S/C18H17N5O/c1-22-15(24)11-23-14-10-6-5-9-13(14)16(12-7-3-2-4-8-12)20-17(19)18(23)21-22/h2-10,17H,11,19H2,1H3. The lowest BCUT2D eigenvalue weighted by Gasteiger charge is -2.32. The summed E-state index contributed by atoms with van der Waals surface area (Å²) in [5.74, 6) is 0.499. The highest BCUT2D eigenvalue weighted by Gasteiger charge is 2.33. The minimum atomic E-state index is -0.636. The Morgan fingerprint density at radius 3 is 2.58 bits per heavy atom. The summed E-state index contributed by atoms with van der Waals surface area (Å²) in [6.07, 6.45) is -0.636. The van der Waals surface area contributed by atoms with Crippen molar-refractivity contribution in [3.05, 3.63) is 65.7 Å². The van der Waals surface area contributed by atoms with E-state index in [1.807, 2.05) is 59.5 Å². The quantitative estimate of drug-likeness (QED) is 0.864. The van der Waals surface area contributed by atoms with Crippen molar-refractivity contribution in [2.75, 3.05) is 18.5 Å². The fourth-order valence-corrected chi connectivity index (χ4v) is 3.01. The molecule has 0 spiro atoms.